The summed E-state index contributed by atoms with van der Waals surface area (Å²) in [5.74, 6) is 1.90. The average Bonchev–Trinajstić information content (AvgIpc) is 2.62. The molecule has 0 spiro atoms. The smallest absolute Gasteiger partial charge is 0.231 e. The van der Waals surface area contributed by atoms with Crippen molar-refractivity contribution >= 4 is 27.5 Å². The molecule has 1 amide bonds. The summed E-state index contributed by atoms with van der Waals surface area (Å²) in [6.07, 6.45) is 0.671. The molecule has 2 aliphatic heterocycles. The molecule has 0 saturated heterocycles. The third kappa shape index (κ3) is 2.94. The fourth-order valence-electron chi connectivity index (χ4n) is 2.89. The van der Waals surface area contributed by atoms with Crippen LogP contribution in [0.2, 0.25) is 0 Å². The molecule has 1 N–H and O–H groups in total. The topological polar surface area (TPSA) is 56.8 Å². The Labute approximate surface area is 148 Å². The number of hydrogen-bond donors (Lipinski definition) is 1. The highest BCUT2D eigenvalue weighted by molar-refractivity contribution is 9.10. The van der Waals surface area contributed by atoms with E-state index in [1.54, 1.807) is 6.07 Å². The number of fused-ring (bicyclic) bond motifs is 2. The van der Waals surface area contributed by atoms with Gasteiger partial charge in [0.05, 0.1) is 11.6 Å². The van der Waals surface area contributed by atoms with Gasteiger partial charge in [0, 0.05) is 16.6 Å². The van der Waals surface area contributed by atoms with Crippen molar-refractivity contribution in [2.75, 3.05) is 25.1 Å². The van der Waals surface area contributed by atoms with Crippen LogP contribution in [0.1, 0.15) is 5.56 Å². The first-order valence-electron chi connectivity index (χ1n) is 7.81. The van der Waals surface area contributed by atoms with E-state index in [0.717, 1.165) is 15.8 Å². The number of carbonyl (C=O) groups is 1. The van der Waals surface area contributed by atoms with Gasteiger partial charge in [0.1, 0.15) is 25.6 Å². The SMILES string of the molecule is O=C(Nc1cc2c(cc1Br)OCCO2)C1COc2ccccc2C1. The molecule has 5 nitrogen and oxygen atoms in total. The molecule has 2 aromatic rings. The second-order valence-corrected chi connectivity index (χ2v) is 6.64. The molecule has 0 saturated carbocycles. The van der Waals surface area contributed by atoms with Crippen molar-refractivity contribution in [1.82, 2.24) is 0 Å². The largest absolute Gasteiger partial charge is 0.492 e. The van der Waals surface area contributed by atoms with Crippen LogP contribution in [-0.2, 0) is 11.2 Å². The number of amides is 1. The van der Waals surface area contributed by atoms with Gasteiger partial charge in [-0.3, -0.25) is 4.79 Å². The fraction of sp³-hybridized carbons (Fsp3) is 0.278. The van der Waals surface area contributed by atoms with Crippen molar-refractivity contribution in [1.29, 1.82) is 0 Å². The number of carbonyl (C=O) groups excluding carboxylic acids is 1. The maximum Gasteiger partial charge on any atom is 0.231 e. The first-order valence-corrected chi connectivity index (χ1v) is 8.61. The number of nitrogens with one attached hydrogen (secondary N) is 1. The molecule has 0 aromatic heterocycles. The predicted molar refractivity (Wildman–Crippen MR) is 92.9 cm³/mol. The molecule has 24 heavy (non-hydrogen) atoms. The van der Waals surface area contributed by atoms with E-state index in [9.17, 15) is 4.79 Å². The van der Waals surface area contributed by atoms with Crippen molar-refractivity contribution < 1.29 is 19.0 Å². The molecular weight excluding hydrogens is 374 g/mol. The number of anilines is 1. The number of ether oxygens (including phenoxy) is 3. The Bertz CT molecular complexity index is 793. The van der Waals surface area contributed by atoms with Crippen LogP contribution in [0.5, 0.6) is 17.2 Å². The summed E-state index contributed by atoms with van der Waals surface area (Å²) in [6.45, 7) is 1.42. The van der Waals surface area contributed by atoms with Crippen molar-refractivity contribution in [3.8, 4) is 17.2 Å². The van der Waals surface area contributed by atoms with Crippen LogP contribution < -0.4 is 19.5 Å². The second kappa shape index (κ2) is 6.36. The van der Waals surface area contributed by atoms with Gasteiger partial charge in [0.25, 0.3) is 0 Å². The third-order valence-corrected chi connectivity index (χ3v) is 4.80. The Balaban J connectivity index is 1.51. The summed E-state index contributed by atoms with van der Waals surface area (Å²) in [4.78, 5) is 12.6. The van der Waals surface area contributed by atoms with E-state index >= 15 is 0 Å². The molecule has 1 atom stereocenters. The quantitative estimate of drug-likeness (QED) is 0.854. The van der Waals surface area contributed by atoms with Crippen LogP contribution in [0.25, 0.3) is 0 Å². The van der Waals surface area contributed by atoms with E-state index in [0.29, 0.717) is 43.4 Å². The molecule has 0 radical (unpaired) electrons. The molecule has 2 aromatic carbocycles. The van der Waals surface area contributed by atoms with E-state index in [4.69, 9.17) is 14.2 Å². The lowest BCUT2D eigenvalue weighted by atomic mass is 9.96. The van der Waals surface area contributed by atoms with Gasteiger partial charge in [-0.1, -0.05) is 18.2 Å². The van der Waals surface area contributed by atoms with Crippen molar-refractivity contribution in [2.24, 2.45) is 5.92 Å². The lowest BCUT2D eigenvalue weighted by Gasteiger charge is -2.25. The molecule has 6 heteroatoms. The van der Waals surface area contributed by atoms with Gasteiger partial charge in [-0.05, 0) is 34.0 Å². The van der Waals surface area contributed by atoms with Crippen molar-refractivity contribution in [2.45, 2.75) is 6.42 Å². The Morgan fingerprint density at radius 1 is 1.04 bits per heavy atom. The van der Waals surface area contributed by atoms with Gasteiger partial charge in [0.2, 0.25) is 5.91 Å². The lowest BCUT2D eigenvalue weighted by molar-refractivity contribution is -0.121. The number of benzene rings is 2. The summed E-state index contributed by atoms with van der Waals surface area (Å²) in [6, 6.07) is 11.4. The Morgan fingerprint density at radius 3 is 2.62 bits per heavy atom. The zero-order chi connectivity index (χ0) is 16.5. The summed E-state index contributed by atoms with van der Waals surface area (Å²) in [5, 5.41) is 2.96. The maximum atomic E-state index is 12.6. The first kappa shape index (κ1) is 15.3. The van der Waals surface area contributed by atoms with E-state index < -0.39 is 0 Å². The van der Waals surface area contributed by atoms with Crippen LogP contribution in [-0.4, -0.2) is 25.7 Å². The van der Waals surface area contributed by atoms with E-state index in [1.807, 2.05) is 30.3 Å². The molecule has 0 aliphatic carbocycles. The maximum absolute atomic E-state index is 12.6. The van der Waals surface area contributed by atoms with Crippen LogP contribution in [0.4, 0.5) is 5.69 Å². The third-order valence-electron chi connectivity index (χ3n) is 4.14. The van der Waals surface area contributed by atoms with Crippen LogP contribution in [0.3, 0.4) is 0 Å². The first-order chi connectivity index (χ1) is 11.7. The van der Waals surface area contributed by atoms with Gasteiger partial charge in [-0.15, -0.1) is 0 Å². The van der Waals surface area contributed by atoms with Gasteiger partial charge < -0.3 is 19.5 Å². The normalized spacial score (nSPS) is 18.3. The highest BCUT2D eigenvalue weighted by atomic mass is 79.9. The van der Waals surface area contributed by atoms with Gasteiger partial charge in [-0.25, -0.2) is 0 Å². The minimum Gasteiger partial charge on any atom is -0.492 e. The molecule has 0 bridgehead atoms. The van der Waals surface area contributed by atoms with E-state index in [2.05, 4.69) is 21.2 Å². The molecule has 2 heterocycles. The van der Waals surface area contributed by atoms with Crippen molar-refractivity contribution in [3.05, 3.63) is 46.4 Å². The van der Waals surface area contributed by atoms with E-state index in [1.165, 1.54) is 0 Å². The number of para-hydroxylation sites is 1. The van der Waals surface area contributed by atoms with E-state index in [-0.39, 0.29) is 11.8 Å². The van der Waals surface area contributed by atoms with Gasteiger partial charge >= 0.3 is 0 Å². The minimum absolute atomic E-state index is 0.0677. The Kier molecular flexibility index (Phi) is 4.06. The molecule has 4 rings (SSSR count). The minimum atomic E-state index is -0.222. The lowest BCUT2D eigenvalue weighted by Crippen LogP contribution is -2.32. The average molecular weight is 390 g/mol. The molecule has 124 valence electrons. The standard InChI is InChI=1S/C18H16BrNO4/c19-13-8-16-17(23-6-5-22-16)9-14(13)20-18(21)12-7-11-3-1-2-4-15(11)24-10-12/h1-4,8-9,12H,5-7,10H2,(H,20,21). The number of halogens is 1. The highest BCUT2D eigenvalue weighted by Crippen LogP contribution is 2.38. The number of rotatable bonds is 2. The molecule has 1 unspecified atom stereocenters. The summed E-state index contributed by atoms with van der Waals surface area (Å²) in [7, 11) is 0. The predicted octanol–water partition coefficient (Wildman–Crippen LogP) is 3.41. The summed E-state index contributed by atoms with van der Waals surface area (Å²) >= 11 is 3.47. The Hall–Kier alpha value is -2.21. The van der Waals surface area contributed by atoms with Gasteiger partial charge in [-0.2, -0.15) is 0 Å². The van der Waals surface area contributed by atoms with Gasteiger partial charge in [0.15, 0.2) is 11.5 Å². The molecule has 0 fully saturated rings. The zero-order valence-corrected chi connectivity index (χ0v) is 14.5. The van der Waals surface area contributed by atoms with Crippen LogP contribution in [0.15, 0.2) is 40.9 Å². The Morgan fingerprint density at radius 2 is 1.79 bits per heavy atom. The number of hydrogen-bond acceptors (Lipinski definition) is 4. The van der Waals surface area contributed by atoms with Crippen LogP contribution >= 0.6 is 15.9 Å². The zero-order valence-electron chi connectivity index (χ0n) is 12.9. The van der Waals surface area contributed by atoms with Crippen molar-refractivity contribution in [3.63, 3.8) is 0 Å². The summed E-state index contributed by atoms with van der Waals surface area (Å²) in [5.41, 5.74) is 1.73. The highest BCUT2D eigenvalue weighted by Gasteiger charge is 2.26. The fourth-order valence-corrected chi connectivity index (χ4v) is 3.31. The summed E-state index contributed by atoms with van der Waals surface area (Å²) < 4.78 is 17.6. The second-order valence-electron chi connectivity index (χ2n) is 5.78. The molecule has 2 aliphatic rings. The van der Waals surface area contributed by atoms with Crippen LogP contribution in [0, 0.1) is 5.92 Å². The molecular formula is C18H16BrNO4. The monoisotopic (exact) mass is 389 g/mol.